The molecule has 5 heteroatoms. The van der Waals surface area contributed by atoms with E-state index in [1.165, 1.54) is 6.92 Å². The molecular formula is C16H22N2O3. The van der Waals surface area contributed by atoms with E-state index in [1.807, 2.05) is 0 Å². The second kappa shape index (κ2) is 7.22. The van der Waals surface area contributed by atoms with E-state index in [1.54, 1.807) is 24.3 Å². The van der Waals surface area contributed by atoms with Crippen molar-refractivity contribution in [3.63, 3.8) is 0 Å². The minimum Gasteiger partial charge on any atom is -0.393 e. The number of urea groups is 1. The van der Waals surface area contributed by atoms with E-state index >= 15 is 0 Å². The minimum atomic E-state index is -0.262. The molecule has 0 spiro atoms. The van der Waals surface area contributed by atoms with E-state index in [-0.39, 0.29) is 17.9 Å². The molecule has 1 aromatic rings. The van der Waals surface area contributed by atoms with Crippen molar-refractivity contribution in [1.29, 1.82) is 0 Å². The third kappa shape index (κ3) is 4.86. The molecule has 1 aromatic carbocycles. The van der Waals surface area contributed by atoms with Gasteiger partial charge in [-0.3, -0.25) is 4.79 Å². The van der Waals surface area contributed by atoms with Crippen LogP contribution in [0.4, 0.5) is 10.5 Å². The number of Topliss-reactive ketones (excluding diaryl/α,β-unsaturated/α-hetero) is 1. The van der Waals surface area contributed by atoms with Gasteiger partial charge in [-0.2, -0.15) is 0 Å². The van der Waals surface area contributed by atoms with Gasteiger partial charge in [-0.05, 0) is 50.7 Å². The number of benzene rings is 1. The molecule has 1 saturated carbocycles. The van der Waals surface area contributed by atoms with E-state index in [0.29, 0.717) is 23.7 Å². The maximum atomic E-state index is 11.8. The number of aliphatic hydroxyl groups excluding tert-OH is 1. The van der Waals surface area contributed by atoms with E-state index in [4.69, 9.17) is 0 Å². The van der Waals surface area contributed by atoms with Gasteiger partial charge in [0.1, 0.15) is 0 Å². The Balaban J connectivity index is 1.79. The summed E-state index contributed by atoms with van der Waals surface area (Å²) in [6, 6.07) is 6.62. The topological polar surface area (TPSA) is 78.4 Å². The maximum Gasteiger partial charge on any atom is 0.319 e. The minimum absolute atomic E-state index is 0.0279. The van der Waals surface area contributed by atoms with E-state index < -0.39 is 0 Å². The van der Waals surface area contributed by atoms with Crippen molar-refractivity contribution in [2.75, 3.05) is 11.9 Å². The summed E-state index contributed by atoms with van der Waals surface area (Å²) in [7, 11) is 0. The fourth-order valence-corrected chi connectivity index (χ4v) is 2.58. The third-order valence-electron chi connectivity index (χ3n) is 3.89. The van der Waals surface area contributed by atoms with Gasteiger partial charge < -0.3 is 15.7 Å². The summed E-state index contributed by atoms with van der Waals surface area (Å²) in [4.78, 5) is 23.1. The number of carbonyl (C=O) groups excluding carboxylic acids is 2. The quantitative estimate of drug-likeness (QED) is 0.746. The molecule has 3 N–H and O–H groups in total. The van der Waals surface area contributed by atoms with E-state index in [9.17, 15) is 14.7 Å². The van der Waals surface area contributed by atoms with Gasteiger partial charge in [0, 0.05) is 17.8 Å². The van der Waals surface area contributed by atoms with Crippen LogP contribution < -0.4 is 10.6 Å². The van der Waals surface area contributed by atoms with Crippen LogP contribution in [0.5, 0.6) is 0 Å². The highest BCUT2D eigenvalue weighted by Crippen LogP contribution is 2.23. The smallest absolute Gasteiger partial charge is 0.319 e. The van der Waals surface area contributed by atoms with Crippen molar-refractivity contribution in [3.05, 3.63) is 29.8 Å². The summed E-state index contributed by atoms with van der Waals surface area (Å²) in [6.45, 7) is 2.11. The first-order valence-corrected chi connectivity index (χ1v) is 7.38. The number of rotatable bonds is 4. The average molecular weight is 290 g/mol. The number of anilines is 1. The van der Waals surface area contributed by atoms with Gasteiger partial charge in [0.2, 0.25) is 0 Å². The average Bonchev–Trinajstić information content (AvgIpc) is 2.47. The fraction of sp³-hybridized carbons (Fsp3) is 0.500. The van der Waals surface area contributed by atoms with Crippen LogP contribution >= 0.6 is 0 Å². The Morgan fingerprint density at radius 1 is 1.24 bits per heavy atom. The first kappa shape index (κ1) is 15.5. The Hall–Kier alpha value is -1.88. The number of hydrogen-bond acceptors (Lipinski definition) is 3. The maximum absolute atomic E-state index is 11.8. The van der Waals surface area contributed by atoms with Crippen LogP contribution in [0.1, 0.15) is 43.0 Å². The number of nitrogens with one attached hydrogen (secondary N) is 2. The molecule has 1 aliphatic rings. The van der Waals surface area contributed by atoms with Crippen molar-refractivity contribution >= 4 is 17.5 Å². The Morgan fingerprint density at radius 2 is 1.95 bits per heavy atom. The van der Waals surface area contributed by atoms with E-state index in [0.717, 1.165) is 25.7 Å². The number of hydrogen-bond donors (Lipinski definition) is 3. The lowest BCUT2D eigenvalue weighted by Gasteiger charge is -2.25. The lowest BCUT2D eigenvalue weighted by Crippen LogP contribution is -2.35. The second-order valence-electron chi connectivity index (χ2n) is 5.65. The largest absolute Gasteiger partial charge is 0.393 e. The van der Waals surface area contributed by atoms with Crippen LogP contribution in [0.2, 0.25) is 0 Å². The zero-order valence-corrected chi connectivity index (χ0v) is 12.3. The van der Waals surface area contributed by atoms with Gasteiger partial charge in [-0.1, -0.05) is 12.1 Å². The molecule has 0 unspecified atom stereocenters. The van der Waals surface area contributed by atoms with Crippen LogP contribution in [-0.2, 0) is 0 Å². The third-order valence-corrected chi connectivity index (χ3v) is 3.89. The molecule has 2 rings (SSSR count). The molecule has 21 heavy (non-hydrogen) atoms. The van der Waals surface area contributed by atoms with Crippen molar-refractivity contribution in [2.24, 2.45) is 5.92 Å². The number of carbonyl (C=O) groups is 2. The molecule has 0 saturated heterocycles. The van der Waals surface area contributed by atoms with Crippen LogP contribution in [0.3, 0.4) is 0 Å². The van der Waals surface area contributed by atoms with Gasteiger partial charge in [-0.25, -0.2) is 4.79 Å². The lowest BCUT2D eigenvalue weighted by atomic mass is 9.87. The highest BCUT2D eigenvalue weighted by molar-refractivity contribution is 5.96. The lowest BCUT2D eigenvalue weighted by molar-refractivity contribution is 0.101. The van der Waals surface area contributed by atoms with Crippen molar-refractivity contribution in [1.82, 2.24) is 5.32 Å². The van der Waals surface area contributed by atoms with Gasteiger partial charge in [0.15, 0.2) is 5.78 Å². The fourth-order valence-electron chi connectivity index (χ4n) is 2.58. The summed E-state index contributed by atoms with van der Waals surface area (Å²) in [5.41, 5.74) is 1.19. The highest BCUT2D eigenvalue weighted by Gasteiger charge is 2.19. The molecule has 114 valence electrons. The predicted molar refractivity (Wildman–Crippen MR) is 81.4 cm³/mol. The standard InChI is InChI=1S/C16H22N2O3/c1-11(19)13-3-2-4-14(9-13)18-16(21)17-10-12-5-7-15(20)8-6-12/h2-4,9,12,15,20H,5-8,10H2,1H3,(H2,17,18,21). The van der Waals surface area contributed by atoms with Gasteiger partial charge in [-0.15, -0.1) is 0 Å². The summed E-state index contributed by atoms with van der Waals surface area (Å²) in [6.07, 6.45) is 3.34. The van der Waals surface area contributed by atoms with Gasteiger partial charge in [0.25, 0.3) is 0 Å². The highest BCUT2D eigenvalue weighted by atomic mass is 16.3. The normalized spacial score (nSPS) is 21.6. The first-order chi connectivity index (χ1) is 10.0. The van der Waals surface area contributed by atoms with Gasteiger partial charge in [0.05, 0.1) is 6.10 Å². The molecular weight excluding hydrogens is 268 g/mol. The molecule has 0 aromatic heterocycles. The molecule has 2 amide bonds. The number of ketones is 1. The van der Waals surface area contributed by atoms with Crippen LogP contribution in [0, 0.1) is 5.92 Å². The van der Waals surface area contributed by atoms with Crippen molar-refractivity contribution in [2.45, 2.75) is 38.7 Å². The molecule has 1 fully saturated rings. The zero-order valence-electron chi connectivity index (χ0n) is 12.3. The monoisotopic (exact) mass is 290 g/mol. The molecule has 0 atom stereocenters. The molecule has 0 radical (unpaired) electrons. The summed E-state index contributed by atoms with van der Waals surface area (Å²) in [5.74, 6) is 0.405. The number of aliphatic hydroxyl groups is 1. The molecule has 0 heterocycles. The number of amides is 2. The Bertz CT molecular complexity index is 508. The Kier molecular flexibility index (Phi) is 5.33. The second-order valence-corrected chi connectivity index (χ2v) is 5.65. The zero-order chi connectivity index (χ0) is 15.2. The summed E-state index contributed by atoms with van der Waals surface area (Å²) in [5, 5.41) is 15.0. The molecule has 5 nitrogen and oxygen atoms in total. The SMILES string of the molecule is CC(=O)c1cccc(NC(=O)NCC2CCC(O)CC2)c1. The molecule has 1 aliphatic carbocycles. The van der Waals surface area contributed by atoms with Crippen LogP contribution in [0.25, 0.3) is 0 Å². The van der Waals surface area contributed by atoms with Crippen LogP contribution in [0.15, 0.2) is 24.3 Å². The Labute approximate surface area is 124 Å². The summed E-state index contributed by atoms with van der Waals surface area (Å²) >= 11 is 0. The summed E-state index contributed by atoms with van der Waals surface area (Å²) < 4.78 is 0. The van der Waals surface area contributed by atoms with Gasteiger partial charge >= 0.3 is 6.03 Å². The first-order valence-electron chi connectivity index (χ1n) is 7.38. The van der Waals surface area contributed by atoms with Crippen LogP contribution in [-0.4, -0.2) is 29.6 Å². The van der Waals surface area contributed by atoms with Crippen molar-refractivity contribution < 1.29 is 14.7 Å². The molecule has 0 bridgehead atoms. The van der Waals surface area contributed by atoms with E-state index in [2.05, 4.69) is 10.6 Å². The van der Waals surface area contributed by atoms with Crippen molar-refractivity contribution in [3.8, 4) is 0 Å². The Morgan fingerprint density at radius 3 is 2.62 bits per heavy atom. The predicted octanol–water partition coefficient (Wildman–Crippen LogP) is 2.56. The molecule has 0 aliphatic heterocycles.